The predicted molar refractivity (Wildman–Crippen MR) is 91.8 cm³/mol. The van der Waals surface area contributed by atoms with Crippen LogP contribution in [0.4, 0.5) is 0 Å². The maximum atomic E-state index is 9.78. The maximum absolute atomic E-state index is 9.78. The molecule has 0 saturated heterocycles. The summed E-state index contributed by atoms with van der Waals surface area (Å²) in [6.45, 7) is 0. The van der Waals surface area contributed by atoms with Gasteiger partial charge in [-0.15, -0.1) is 0 Å². The van der Waals surface area contributed by atoms with Gasteiger partial charge < -0.3 is 0 Å². The van der Waals surface area contributed by atoms with Crippen LogP contribution in [0.15, 0.2) is 48.5 Å². The zero-order valence-corrected chi connectivity index (χ0v) is 13.4. The molecule has 2 aromatic carbocycles. The van der Waals surface area contributed by atoms with Crippen LogP contribution in [0.1, 0.15) is 43.6 Å². The largest absolute Gasteiger partial charge is 0.198 e. The van der Waals surface area contributed by atoms with Crippen LogP contribution in [0, 0.1) is 17.2 Å². The fourth-order valence-corrected chi connectivity index (χ4v) is 3.68. The number of nitrogens with zero attached hydrogens (tertiary/aromatic N) is 1. The summed E-state index contributed by atoms with van der Waals surface area (Å²) in [7, 11) is 0. The molecular weight excluding hydrogens is 290 g/mol. The first-order valence-electron chi connectivity index (χ1n) is 8.04. The molecule has 0 radical (unpaired) electrons. The van der Waals surface area contributed by atoms with E-state index in [1.54, 1.807) is 0 Å². The highest BCUT2D eigenvalue weighted by molar-refractivity contribution is 6.30. The van der Waals surface area contributed by atoms with Gasteiger partial charge in [-0.2, -0.15) is 5.26 Å². The van der Waals surface area contributed by atoms with E-state index < -0.39 is 0 Å². The SMILES string of the molecule is N#C[C@@H](c1ccccc1-c1ccc(Cl)cc1)C1CCCCC1. The average Bonchev–Trinajstić information content (AvgIpc) is 2.58. The first-order chi connectivity index (χ1) is 10.8. The Balaban J connectivity index is 1.99. The summed E-state index contributed by atoms with van der Waals surface area (Å²) < 4.78 is 0. The van der Waals surface area contributed by atoms with Gasteiger partial charge >= 0.3 is 0 Å². The van der Waals surface area contributed by atoms with E-state index in [0.717, 1.165) is 16.1 Å². The highest BCUT2D eigenvalue weighted by Crippen LogP contribution is 2.39. The molecule has 1 aliphatic carbocycles. The smallest absolute Gasteiger partial charge is 0.0746 e. The Morgan fingerprint density at radius 2 is 1.64 bits per heavy atom. The van der Waals surface area contributed by atoms with Crippen molar-refractivity contribution in [2.45, 2.75) is 38.0 Å². The molecule has 1 aliphatic rings. The molecule has 112 valence electrons. The monoisotopic (exact) mass is 309 g/mol. The number of rotatable bonds is 3. The summed E-state index contributed by atoms with van der Waals surface area (Å²) >= 11 is 6.00. The van der Waals surface area contributed by atoms with Crippen molar-refractivity contribution in [1.29, 1.82) is 5.26 Å². The lowest BCUT2D eigenvalue weighted by atomic mass is 9.76. The van der Waals surface area contributed by atoms with E-state index in [9.17, 15) is 5.26 Å². The number of hydrogen-bond acceptors (Lipinski definition) is 1. The molecular formula is C20H20ClN. The van der Waals surface area contributed by atoms with Gasteiger partial charge in [-0.1, -0.05) is 67.3 Å². The first kappa shape index (κ1) is 15.1. The molecule has 2 heteroatoms. The minimum absolute atomic E-state index is 0.00724. The summed E-state index contributed by atoms with van der Waals surface area (Å²) in [6, 6.07) is 18.8. The van der Waals surface area contributed by atoms with E-state index in [1.807, 2.05) is 36.4 Å². The van der Waals surface area contributed by atoms with E-state index >= 15 is 0 Å². The van der Waals surface area contributed by atoms with E-state index in [-0.39, 0.29) is 5.92 Å². The molecule has 1 fully saturated rings. The molecule has 0 heterocycles. The van der Waals surface area contributed by atoms with E-state index in [2.05, 4.69) is 18.2 Å². The van der Waals surface area contributed by atoms with Gasteiger partial charge in [-0.3, -0.25) is 0 Å². The fraction of sp³-hybridized carbons (Fsp3) is 0.350. The van der Waals surface area contributed by atoms with E-state index in [4.69, 9.17) is 11.6 Å². The Hall–Kier alpha value is -1.78. The summed E-state index contributed by atoms with van der Waals surface area (Å²) in [6.07, 6.45) is 6.17. The van der Waals surface area contributed by atoms with Gasteiger partial charge in [0.15, 0.2) is 0 Å². The predicted octanol–water partition coefficient (Wildman–Crippen LogP) is 6.19. The quantitative estimate of drug-likeness (QED) is 0.662. The molecule has 0 spiro atoms. The molecule has 0 aromatic heterocycles. The van der Waals surface area contributed by atoms with Crippen LogP contribution in [0.25, 0.3) is 11.1 Å². The van der Waals surface area contributed by atoms with Gasteiger partial charge in [0.05, 0.1) is 12.0 Å². The molecule has 0 unspecified atom stereocenters. The maximum Gasteiger partial charge on any atom is 0.0746 e. The van der Waals surface area contributed by atoms with Crippen molar-refractivity contribution >= 4 is 11.6 Å². The second-order valence-corrected chi connectivity index (χ2v) is 6.54. The van der Waals surface area contributed by atoms with E-state index in [0.29, 0.717) is 5.92 Å². The molecule has 1 saturated carbocycles. The molecule has 0 aliphatic heterocycles. The minimum atomic E-state index is -0.00724. The average molecular weight is 310 g/mol. The Bertz CT molecular complexity index is 663. The second-order valence-electron chi connectivity index (χ2n) is 6.10. The van der Waals surface area contributed by atoms with Crippen LogP contribution in [-0.2, 0) is 0 Å². The van der Waals surface area contributed by atoms with Crippen molar-refractivity contribution in [2.24, 2.45) is 5.92 Å². The van der Waals surface area contributed by atoms with Crippen molar-refractivity contribution in [3.05, 3.63) is 59.1 Å². The van der Waals surface area contributed by atoms with Gasteiger partial charge in [-0.05, 0) is 47.6 Å². The summed E-state index contributed by atoms with van der Waals surface area (Å²) in [5.41, 5.74) is 3.46. The molecule has 22 heavy (non-hydrogen) atoms. The molecule has 1 nitrogen and oxygen atoms in total. The minimum Gasteiger partial charge on any atom is -0.198 e. The lowest BCUT2D eigenvalue weighted by Gasteiger charge is -2.27. The van der Waals surface area contributed by atoms with E-state index in [1.165, 1.54) is 37.7 Å². The molecule has 0 N–H and O–H groups in total. The third kappa shape index (κ3) is 3.18. The van der Waals surface area contributed by atoms with Crippen molar-refractivity contribution in [3.8, 4) is 17.2 Å². The van der Waals surface area contributed by atoms with Gasteiger partial charge in [0.2, 0.25) is 0 Å². The van der Waals surface area contributed by atoms with Crippen LogP contribution in [-0.4, -0.2) is 0 Å². The normalized spacial score (nSPS) is 16.9. The number of nitriles is 1. The van der Waals surface area contributed by atoms with Gasteiger partial charge in [0, 0.05) is 5.02 Å². The standard InChI is InChI=1S/C20H20ClN/c21-17-12-10-16(11-13-17)18-8-4-5-9-19(18)20(14-22)15-6-2-1-3-7-15/h4-5,8-13,15,20H,1-3,6-7H2/t20-/m1/s1. The number of halogens is 1. The molecule has 3 rings (SSSR count). The lowest BCUT2D eigenvalue weighted by Crippen LogP contribution is -2.15. The van der Waals surface area contributed by atoms with Crippen molar-refractivity contribution < 1.29 is 0 Å². The van der Waals surface area contributed by atoms with Crippen molar-refractivity contribution in [1.82, 2.24) is 0 Å². The summed E-state index contributed by atoms with van der Waals surface area (Å²) in [4.78, 5) is 0. The molecule has 0 bridgehead atoms. The van der Waals surface area contributed by atoms with Crippen LogP contribution < -0.4 is 0 Å². The van der Waals surface area contributed by atoms with Crippen molar-refractivity contribution in [2.75, 3.05) is 0 Å². The molecule has 0 amide bonds. The van der Waals surface area contributed by atoms with Gasteiger partial charge in [0.1, 0.15) is 0 Å². The Morgan fingerprint density at radius 1 is 0.955 bits per heavy atom. The van der Waals surface area contributed by atoms with Crippen LogP contribution in [0.2, 0.25) is 5.02 Å². The molecule has 1 atom stereocenters. The molecule has 2 aromatic rings. The third-order valence-electron chi connectivity index (χ3n) is 4.71. The zero-order chi connectivity index (χ0) is 15.4. The van der Waals surface area contributed by atoms with Crippen LogP contribution in [0.3, 0.4) is 0 Å². The van der Waals surface area contributed by atoms with Gasteiger partial charge in [-0.25, -0.2) is 0 Å². The second kappa shape index (κ2) is 6.99. The number of benzene rings is 2. The highest BCUT2D eigenvalue weighted by atomic mass is 35.5. The summed E-state index contributed by atoms with van der Waals surface area (Å²) in [5, 5.41) is 10.5. The first-order valence-corrected chi connectivity index (χ1v) is 8.42. The number of hydrogen-bond donors (Lipinski definition) is 0. The Morgan fingerprint density at radius 3 is 2.32 bits per heavy atom. The third-order valence-corrected chi connectivity index (χ3v) is 4.96. The Kier molecular flexibility index (Phi) is 4.80. The highest BCUT2D eigenvalue weighted by Gasteiger charge is 2.26. The van der Waals surface area contributed by atoms with Crippen molar-refractivity contribution in [3.63, 3.8) is 0 Å². The zero-order valence-electron chi connectivity index (χ0n) is 12.6. The summed E-state index contributed by atoms with van der Waals surface area (Å²) in [5.74, 6) is 0.486. The lowest BCUT2D eigenvalue weighted by molar-refractivity contribution is 0.336. The van der Waals surface area contributed by atoms with Crippen LogP contribution in [0.5, 0.6) is 0 Å². The van der Waals surface area contributed by atoms with Gasteiger partial charge in [0.25, 0.3) is 0 Å². The topological polar surface area (TPSA) is 23.8 Å². The fourth-order valence-electron chi connectivity index (χ4n) is 3.56. The Labute approximate surface area is 137 Å². The van der Waals surface area contributed by atoms with Crippen LogP contribution >= 0.6 is 11.6 Å².